The van der Waals surface area contributed by atoms with Crippen molar-refractivity contribution in [2.45, 2.75) is 45.2 Å². The van der Waals surface area contributed by atoms with Crippen LogP contribution < -0.4 is 11.0 Å². The molecule has 160 valence electrons. The molecule has 0 unspecified atom stereocenters. The second kappa shape index (κ2) is 7.96. The first kappa shape index (κ1) is 20.0. The second-order valence-corrected chi connectivity index (χ2v) is 8.91. The van der Waals surface area contributed by atoms with Gasteiger partial charge in [0.2, 0.25) is 5.91 Å². The van der Waals surface area contributed by atoms with E-state index in [2.05, 4.69) is 10.5 Å². The van der Waals surface area contributed by atoms with Gasteiger partial charge in [-0.25, -0.2) is 5.43 Å². The number of hydrogen-bond donors (Lipinski definition) is 1. The molecule has 0 spiro atoms. The van der Waals surface area contributed by atoms with E-state index in [1.54, 1.807) is 17.0 Å². The van der Waals surface area contributed by atoms with E-state index in [1.807, 2.05) is 22.8 Å². The fraction of sp³-hybridized carbons (Fsp3) is 0.391. The van der Waals surface area contributed by atoms with E-state index in [4.69, 9.17) is 11.6 Å². The minimum atomic E-state index is -0.171. The molecule has 2 aliphatic heterocycles. The molecule has 0 atom stereocenters. The van der Waals surface area contributed by atoms with Crippen LogP contribution in [0.3, 0.4) is 0 Å². The number of rotatable bonds is 4. The van der Waals surface area contributed by atoms with Gasteiger partial charge in [-0.15, -0.1) is 0 Å². The molecule has 3 aliphatic rings. The number of benzene rings is 1. The van der Waals surface area contributed by atoms with Crippen LogP contribution in [0, 0.1) is 5.92 Å². The Kier molecular flexibility index (Phi) is 5.14. The van der Waals surface area contributed by atoms with Crippen LogP contribution in [-0.4, -0.2) is 33.5 Å². The summed E-state index contributed by atoms with van der Waals surface area (Å²) in [5, 5.41) is 4.53. The Bertz CT molecular complexity index is 1170. The predicted molar refractivity (Wildman–Crippen MR) is 118 cm³/mol. The summed E-state index contributed by atoms with van der Waals surface area (Å²) >= 11 is 6.18. The van der Waals surface area contributed by atoms with E-state index in [9.17, 15) is 14.4 Å². The number of fused-ring (bicyclic) bond motifs is 1. The highest BCUT2D eigenvalue weighted by Gasteiger charge is 2.30. The molecule has 1 aromatic carbocycles. The van der Waals surface area contributed by atoms with Gasteiger partial charge in [-0.1, -0.05) is 23.7 Å². The van der Waals surface area contributed by atoms with E-state index >= 15 is 0 Å². The van der Waals surface area contributed by atoms with Crippen LogP contribution in [0.15, 0.2) is 40.2 Å². The zero-order valence-corrected chi connectivity index (χ0v) is 17.8. The fourth-order valence-corrected chi connectivity index (χ4v) is 4.51. The molecule has 1 saturated carbocycles. The molecule has 2 amide bonds. The van der Waals surface area contributed by atoms with Crippen LogP contribution in [0.25, 0.3) is 11.1 Å². The van der Waals surface area contributed by atoms with Crippen LogP contribution in [0.1, 0.15) is 36.9 Å². The molecule has 5 rings (SSSR count). The summed E-state index contributed by atoms with van der Waals surface area (Å²) in [7, 11) is 0. The Morgan fingerprint density at radius 2 is 2.00 bits per heavy atom. The van der Waals surface area contributed by atoms with Gasteiger partial charge in [0.25, 0.3) is 11.5 Å². The largest absolute Gasteiger partial charge is 0.333 e. The lowest BCUT2D eigenvalue weighted by Crippen LogP contribution is -2.44. The second-order valence-electron chi connectivity index (χ2n) is 8.47. The number of hydrogen-bond acceptors (Lipinski definition) is 4. The predicted octanol–water partition coefficient (Wildman–Crippen LogP) is 2.73. The highest BCUT2D eigenvalue weighted by molar-refractivity contribution is 6.39. The molecular weight excluding hydrogens is 416 g/mol. The molecule has 0 radical (unpaired) electrons. The Balaban J connectivity index is 1.52. The maximum Gasteiger partial charge on any atom is 0.270 e. The van der Waals surface area contributed by atoms with Crippen LogP contribution in [0.5, 0.6) is 0 Å². The van der Waals surface area contributed by atoms with E-state index < -0.39 is 0 Å². The van der Waals surface area contributed by atoms with E-state index in [1.165, 1.54) is 0 Å². The van der Waals surface area contributed by atoms with Crippen molar-refractivity contribution in [3.8, 4) is 11.1 Å². The zero-order valence-electron chi connectivity index (χ0n) is 17.1. The molecule has 8 heteroatoms. The van der Waals surface area contributed by atoms with Crippen molar-refractivity contribution in [2.75, 3.05) is 6.54 Å². The molecule has 1 N–H and O–H groups in total. The number of halogens is 1. The number of nitrogens with one attached hydrogen (secondary N) is 1. The number of aromatic nitrogens is 1. The minimum absolute atomic E-state index is 0.00654. The van der Waals surface area contributed by atoms with Crippen LogP contribution in [0.4, 0.5) is 0 Å². The molecular formula is C23H23ClN4O3. The third kappa shape index (κ3) is 4.02. The van der Waals surface area contributed by atoms with Crippen LogP contribution in [-0.2, 0) is 29.1 Å². The van der Waals surface area contributed by atoms with Crippen molar-refractivity contribution >= 4 is 29.1 Å². The van der Waals surface area contributed by atoms with Gasteiger partial charge in [0.1, 0.15) is 5.71 Å². The average Bonchev–Trinajstić information content (AvgIpc) is 3.59. The molecule has 0 saturated heterocycles. The molecule has 2 aromatic rings. The third-order valence-corrected chi connectivity index (χ3v) is 6.42. The Morgan fingerprint density at radius 3 is 2.71 bits per heavy atom. The lowest BCUT2D eigenvalue weighted by Gasteiger charge is -2.32. The summed E-state index contributed by atoms with van der Waals surface area (Å²) in [5.41, 5.74) is 6.18. The standard InChI is InChI=1S/C23H23ClN4O3/c24-17-3-1-2-15(10-17)18-11-16-13-27(23(31)19-6-7-21(29)26-25-19)9-8-20(16)28(22(18)30)12-14-4-5-14/h1-3,10-11,14H,4-9,12-13H2,(H,26,29). The Morgan fingerprint density at radius 1 is 1.16 bits per heavy atom. The Labute approximate surface area is 184 Å². The van der Waals surface area contributed by atoms with Gasteiger partial charge >= 0.3 is 0 Å². The number of amides is 2. The van der Waals surface area contributed by atoms with Crippen molar-refractivity contribution in [3.63, 3.8) is 0 Å². The first-order chi connectivity index (χ1) is 15.0. The van der Waals surface area contributed by atoms with Gasteiger partial charge in [0.15, 0.2) is 0 Å². The van der Waals surface area contributed by atoms with Gasteiger partial charge in [-0.2, -0.15) is 5.10 Å². The van der Waals surface area contributed by atoms with Crippen LogP contribution in [0.2, 0.25) is 5.02 Å². The van der Waals surface area contributed by atoms with Crippen molar-refractivity contribution in [1.82, 2.24) is 14.9 Å². The number of carbonyl (C=O) groups excluding carboxylic acids is 2. The summed E-state index contributed by atoms with van der Waals surface area (Å²) in [6, 6.07) is 9.24. The molecule has 31 heavy (non-hydrogen) atoms. The highest BCUT2D eigenvalue weighted by Crippen LogP contribution is 2.32. The van der Waals surface area contributed by atoms with Crippen molar-refractivity contribution in [3.05, 3.63) is 57.0 Å². The van der Waals surface area contributed by atoms with Gasteiger partial charge in [0.05, 0.1) is 0 Å². The SMILES string of the molecule is O=C1CCC(C(=O)N2CCc3c(cc(-c4cccc(Cl)c4)c(=O)n3CC3CC3)C2)=NN1. The molecule has 1 aliphatic carbocycles. The van der Waals surface area contributed by atoms with Crippen LogP contribution >= 0.6 is 11.6 Å². The summed E-state index contributed by atoms with van der Waals surface area (Å²) < 4.78 is 1.92. The molecule has 1 aromatic heterocycles. The highest BCUT2D eigenvalue weighted by atomic mass is 35.5. The lowest BCUT2D eigenvalue weighted by molar-refractivity contribution is -0.125. The van der Waals surface area contributed by atoms with E-state index in [0.717, 1.165) is 36.2 Å². The molecule has 7 nitrogen and oxygen atoms in total. The first-order valence-electron chi connectivity index (χ1n) is 10.7. The summed E-state index contributed by atoms with van der Waals surface area (Å²) in [6.45, 7) is 1.67. The van der Waals surface area contributed by atoms with Gasteiger partial charge < -0.3 is 9.47 Å². The normalized spacial score (nSPS) is 18.3. The first-order valence-corrected chi connectivity index (χ1v) is 11.0. The molecule has 3 heterocycles. The fourth-order valence-electron chi connectivity index (χ4n) is 4.32. The minimum Gasteiger partial charge on any atom is -0.333 e. The van der Waals surface area contributed by atoms with Gasteiger partial charge in [-0.05, 0) is 48.1 Å². The monoisotopic (exact) mass is 438 g/mol. The lowest BCUT2D eigenvalue weighted by atomic mass is 9.98. The number of nitrogens with zero attached hydrogens (tertiary/aromatic N) is 3. The molecule has 1 fully saturated rings. The topological polar surface area (TPSA) is 83.8 Å². The number of pyridine rings is 1. The average molecular weight is 439 g/mol. The maximum atomic E-state index is 13.4. The summed E-state index contributed by atoms with van der Waals surface area (Å²) in [5.74, 6) is 0.224. The summed E-state index contributed by atoms with van der Waals surface area (Å²) in [4.78, 5) is 39.5. The van der Waals surface area contributed by atoms with Gasteiger partial charge in [-0.3, -0.25) is 14.4 Å². The van der Waals surface area contributed by atoms with Gasteiger partial charge in [0, 0.05) is 55.2 Å². The Hall–Kier alpha value is -2.93. The van der Waals surface area contributed by atoms with Crippen molar-refractivity contribution in [1.29, 1.82) is 0 Å². The van der Waals surface area contributed by atoms with Crippen molar-refractivity contribution in [2.24, 2.45) is 11.0 Å². The number of carbonyl (C=O) groups is 2. The quantitative estimate of drug-likeness (QED) is 0.796. The van der Waals surface area contributed by atoms with E-state index in [-0.39, 0.29) is 23.8 Å². The summed E-state index contributed by atoms with van der Waals surface area (Å²) in [6.07, 6.45) is 3.55. The van der Waals surface area contributed by atoms with Crippen molar-refractivity contribution < 1.29 is 9.59 Å². The molecule has 0 bridgehead atoms. The zero-order chi connectivity index (χ0) is 21.5. The van der Waals surface area contributed by atoms with E-state index in [0.29, 0.717) is 48.1 Å². The third-order valence-electron chi connectivity index (χ3n) is 6.18. The maximum absolute atomic E-state index is 13.4. The smallest absolute Gasteiger partial charge is 0.270 e. The number of hydrazone groups is 1.